The van der Waals surface area contributed by atoms with Gasteiger partial charge in [-0.05, 0) is 26.3 Å². The van der Waals surface area contributed by atoms with Crippen LogP contribution in [-0.4, -0.2) is 38.9 Å². The monoisotopic (exact) mass is 333 g/mol. The molecule has 0 spiro atoms. The first-order valence-electron chi connectivity index (χ1n) is 6.40. The van der Waals surface area contributed by atoms with E-state index >= 15 is 0 Å². The average molecular weight is 333 g/mol. The molecule has 1 heterocycles. The number of carbonyl (C=O) groups is 2. The fourth-order valence-corrected chi connectivity index (χ4v) is 3.25. The Morgan fingerprint density at radius 2 is 1.90 bits per heavy atom. The quantitative estimate of drug-likeness (QED) is 0.803. The molecule has 118 valence electrons. The number of esters is 1. The summed E-state index contributed by atoms with van der Waals surface area (Å²) in [4.78, 5) is 24.6. The molecule has 1 aromatic heterocycles. The van der Waals surface area contributed by atoms with Crippen LogP contribution < -0.4 is 5.32 Å². The first-order valence-corrected chi connectivity index (χ1v) is 9.28. The molecular formula is C13H19NO5S2. The van der Waals surface area contributed by atoms with Crippen molar-refractivity contribution in [3.8, 4) is 0 Å². The van der Waals surface area contributed by atoms with E-state index in [1.54, 1.807) is 13.8 Å². The third kappa shape index (κ3) is 5.13. The smallest absolute Gasteiger partial charge is 0.341 e. The van der Waals surface area contributed by atoms with Gasteiger partial charge in [0, 0.05) is 17.6 Å². The molecule has 0 unspecified atom stereocenters. The molecule has 0 aliphatic rings. The molecule has 0 saturated heterocycles. The topological polar surface area (TPSA) is 89.5 Å². The van der Waals surface area contributed by atoms with Gasteiger partial charge < -0.3 is 10.1 Å². The average Bonchev–Trinajstić information content (AvgIpc) is 2.62. The molecule has 0 atom stereocenters. The van der Waals surface area contributed by atoms with Crippen LogP contribution in [0, 0.1) is 13.8 Å². The first kappa shape index (κ1) is 17.6. The summed E-state index contributed by atoms with van der Waals surface area (Å²) in [5.41, 5.74) is 1.10. The van der Waals surface area contributed by atoms with Crippen LogP contribution in [0.5, 0.6) is 0 Å². The van der Waals surface area contributed by atoms with Crippen LogP contribution in [-0.2, 0) is 19.4 Å². The second-order valence-corrected chi connectivity index (χ2v) is 8.12. The Bertz CT molecular complexity index is 646. The van der Waals surface area contributed by atoms with Gasteiger partial charge in [-0.2, -0.15) is 0 Å². The van der Waals surface area contributed by atoms with Crippen LogP contribution in [0.15, 0.2) is 0 Å². The molecule has 6 nitrogen and oxygen atoms in total. The number of thiophene rings is 1. The second kappa shape index (κ2) is 7.04. The highest BCUT2D eigenvalue weighted by atomic mass is 32.2. The Morgan fingerprint density at radius 1 is 1.29 bits per heavy atom. The van der Waals surface area contributed by atoms with Crippen LogP contribution in [0.25, 0.3) is 0 Å². The van der Waals surface area contributed by atoms with E-state index < -0.39 is 21.7 Å². The van der Waals surface area contributed by atoms with E-state index in [-0.39, 0.29) is 18.8 Å². The van der Waals surface area contributed by atoms with E-state index in [4.69, 9.17) is 4.74 Å². The molecule has 0 aliphatic heterocycles. The second-order valence-electron chi connectivity index (χ2n) is 4.64. The van der Waals surface area contributed by atoms with E-state index in [0.717, 1.165) is 16.7 Å². The fourth-order valence-electron chi connectivity index (χ4n) is 1.63. The predicted octanol–water partition coefficient (Wildman–Crippen LogP) is 1.91. The lowest BCUT2D eigenvalue weighted by Gasteiger charge is -2.07. The zero-order chi connectivity index (χ0) is 16.2. The number of rotatable bonds is 6. The number of ether oxygens (including phenoxy) is 1. The minimum Gasteiger partial charge on any atom is -0.462 e. The minimum atomic E-state index is -3.20. The van der Waals surface area contributed by atoms with Gasteiger partial charge in [-0.15, -0.1) is 11.3 Å². The van der Waals surface area contributed by atoms with Crippen molar-refractivity contribution in [3.63, 3.8) is 0 Å². The van der Waals surface area contributed by atoms with Crippen LogP contribution in [0.3, 0.4) is 0 Å². The maximum absolute atomic E-state index is 11.9. The molecule has 21 heavy (non-hydrogen) atoms. The molecule has 1 aromatic rings. The molecule has 1 N–H and O–H groups in total. The molecule has 0 aromatic carbocycles. The summed E-state index contributed by atoms with van der Waals surface area (Å²) < 4.78 is 27.1. The van der Waals surface area contributed by atoms with Crippen LogP contribution in [0.4, 0.5) is 5.00 Å². The molecule has 0 saturated carbocycles. The molecule has 1 rings (SSSR count). The molecule has 8 heteroatoms. The Kier molecular flexibility index (Phi) is 5.91. The van der Waals surface area contributed by atoms with Crippen LogP contribution >= 0.6 is 11.3 Å². The Balaban J connectivity index is 2.91. The number of nitrogens with one attached hydrogen (secondary N) is 1. The van der Waals surface area contributed by atoms with Crippen LogP contribution in [0.2, 0.25) is 0 Å². The van der Waals surface area contributed by atoms with Gasteiger partial charge in [0.05, 0.1) is 17.9 Å². The van der Waals surface area contributed by atoms with Gasteiger partial charge >= 0.3 is 5.97 Å². The lowest BCUT2D eigenvalue weighted by Crippen LogP contribution is -2.18. The van der Waals surface area contributed by atoms with E-state index in [2.05, 4.69) is 5.32 Å². The van der Waals surface area contributed by atoms with Crippen molar-refractivity contribution in [1.29, 1.82) is 0 Å². The summed E-state index contributed by atoms with van der Waals surface area (Å²) in [6.45, 7) is 5.57. The minimum absolute atomic E-state index is 0.142. The molecule has 1 amide bonds. The number of amides is 1. The fraction of sp³-hybridized carbons (Fsp3) is 0.538. The van der Waals surface area contributed by atoms with Crippen molar-refractivity contribution in [2.75, 3.05) is 23.9 Å². The maximum Gasteiger partial charge on any atom is 0.341 e. The number of anilines is 1. The molecular weight excluding hydrogens is 314 g/mol. The van der Waals surface area contributed by atoms with Crippen LogP contribution in [0.1, 0.15) is 34.1 Å². The van der Waals surface area contributed by atoms with Crippen molar-refractivity contribution in [2.24, 2.45) is 0 Å². The highest BCUT2D eigenvalue weighted by Gasteiger charge is 2.22. The zero-order valence-corrected chi connectivity index (χ0v) is 14.1. The van der Waals surface area contributed by atoms with E-state index in [0.29, 0.717) is 10.6 Å². The normalized spacial score (nSPS) is 11.2. The highest BCUT2D eigenvalue weighted by Crippen LogP contribution is 2.33. The van der Waals surface area contributed by atoms with Crippen molar-refractivity contribution in [2.45, 2.75) is 27.2 Å². The third-order valence-electron chi connectivity index (χ3n) is 2.82. The highest BCUT2D eigenvalue weighted by molar-refractivity contribution is 7.90. The van der Waals surface area contributed by atoms with E-state index in [1.165, 1.54) is 11.3 Å². The Morgan fingerprint density at radius 3 is 2.43 bits per heavy atom. The van der Waals surface area contributed by atoms with E-state index in [9.17, 15) is 18.0 Å². The third-order valence-corrected chi connectivity index (χ3v) is 4.89. The number of aryl methyl sites for hydroxylation is 1. The van der Waals surface area contributed by atoms with Gasteiger partial charge in [-0.1, -0.05) is 0 Å². The van der Waals surface area contributed by atoms with Gasteiger partial charge in [-0.3, -0.25) is 4.79 Å². The number of hydrogen-bond donors (Lipinski definition) is 1. The largest absolute Gasteiger partial charge is 0.462 e. The Hall–Kier alpha value is -1.41. The predicted molar refractivity (Wildman–Crippen MR) is 82.7 cm³/mol. The van der Waals surface area contributed by atoms with Crippen molar-refractivity contribution >= 4 is 38.1 Å². The van der Waals surface area contributed by atoms with Crippen molar-refractivity contribution < 1.29 is 22.7 Å². The van der Waals surface area contributed by atoms with Gasteiger partial charge in [0.25, 0.3) is 0 Å². The van der Waals surface area contributed by atoms with Crippen molar-refractivity contribution in [1.82, 2.24) is 0 Å². The van der Waals surface area contributed by atoms with E-state index in [1.807, 2.05) is 6.92 Å². The standard InChI is InChI=1S/C13H19NO5S2/c1-5-19-13(16)11-8(2)9(3)20-12(11)14-10(15)6-7-21(4,17)18/h5-7H2,1-4H3,(H,14,15). The van der Waals surface area contributed by atoms with Gasteiger partial charge in [0.2, 0.25) is 5.91 Å². The molecule has 0 aliphatic carbocycles. The Labute approximate surface area is 128 Å². The summed E-state index contributed by atoms with van der Waals surface area (Å²) in [5, 5.41) is 3.00. The molecule has 0 bridgehead atoms. The summed E-state index contributed by atoms with van der Waals surface area (Å²) in [6, 6.07) is 0. The van der Waals surface area contributed by atoms with Gasteiger partial charge in [-0.25, -0.2) is 13.2 Å². The summed E-state index contributed by atoms with van der Waals surface area (Å²) in [7, 11) is -3.20. The lowest BCUT2D eigenvalue weighted by molar-refractivity contribution is -0.115. The maximum atomic E-state index is 11.9. The number of carbonyl (C=O) groups excluding carboxylic acids is 2. The zero-order valence-electron chi connectivity index (χ0n) is 12.5. The van der Waals surface area contributed by atoms with Crippen molar-refractivity contribution in [3.05, 3.63) is 16.0 Å². The molecule has 0 radical (unpaired) electrons. The first-order chi connectivity index (χ1) is 9.65. The summed E-state index contributed by atoms with van der Waals surface area (Å²) in [6.07, 6.45) is 0.931. The van der Waals surface area contributed by atoms with Gasteiger partial charge in [0.1, 0.15) is 14.8 Å². The SMILES string of the molecule is CCOC(=O)c1c(NC(=O)CCS(C)(=O)=O)sc(C)c1C. The van der Waals surface area contributed by atoms with Gasteiger partial charge in [0.15, 0.2) is 0 Å². The lowest BCUT2D eigenvalue weighted by atomic mass is 10.1. The summed E-state index contributed by atoms with van der Waals surface area (Å²) in [5.74, 6) is -1.15. The number of sulfone groups is 1. The molecule has 0 fully saturated rings. The summed E-state index contributed by atoms with van der Waals surface area (Å²) >= 11 is 1.27. The number of hydrogen-bond acceptors (Lipinski definition) is 6.